The SMILES string of the molecule is Nc1ccnc(N(CCCl)CCCl)n1. The van der Waals surface area contributed by atoms with Crippen LogP contribution in [0.3, 0.4) is 0 Å². The maximum atomic E-state index is 5.65. The summed E-state index contributed by atoms with van der Waals surface area (Å²) in [6.07, 6.45) is 1.62. The van der Waals surface area contributed by atoms with Gasteiger partial charge in [0.05, 0.1) is 0 Å². The first kappa shape index (κ1) is 11.3. The molecule has 0 amide bonds. The molecule has 0 atom stereocenters. The monoisotopic (exact) mass is 234 g/mol. The van der Waals surface area contributed by atoms with Crippen molar-refractivity contribution in [3.63, 3.8) is 0 Å². The van der Waals surface area contributed by atoms with Gasteiger partial charge in [0, 0.05) is 31.0 Å². The quantitative estimate of drug-likeness (QED) is 0.782. The Morgan fingerprint density at radius 2 is 1.93 bits per heavy atom. The van der Waals surface area contributed by atoms with Crippen molar-refractivity contribution in [3.05, 3.63) is 12.3 Å². The molecule has 4 nitrogen and oxygen atoms in total. The highest BCUT2D eigenvalue weighted by atomic mass is 35.5. The number of rotatable bonds is 5. The average molecular weight is 235 g/mol. The van der Waals surface area contributed by atoms with Gasteiger partial charge in [-0.15, -0.1) is 23.2 Å². The van der Waals surface area contributed by atoms with Crippen LogP contribution >= 0.6 is 23.2 Å². The first-order valence-electron chi connectivity index (χ1n) is 4.23. The zero-order valence-electron chi connectivity index (χ0n) is 7.66. The summed E-state index contributed by atoms with van der Waals surface area (Å²) in [7, 11) is 0. The summed E-state index contributed by atoms with van der Waals surface area (Å²) in [5, 5.41) is 0. The van der Waals surface area contributed by atoms with E-state index in [0.29, 0.717) is 36.6 Å². The Hall–Kier alpha value is -0.740. The smallest absolute Gasteiger partial charge is 0.227 e. The van der Waals surface area contributed by atoms with Crippen molar-refractivity contribution < 1.29 is 0 Å². The van der Waals surface area contributed by atoms with Crippen molar-refractivity contribution >= 4 is 35.0 Å². The molecular weight excluding hydrogens is 223 g/mol. The van der Waals surface area contributed by atoms with E-state index < -0.39 is 0 Å². The molecule has 78 valence electrons. The van der Waals surface area contributed by atoms with E-state index in [1.165, 1.54) is 0 Å². The summed E-state index contributed by atoms with van der Waals surface area (Å²) in [5.74, 6) is 2.04. The summed E-state index contributed by atoms with van der Waals surface area (Å²) < 4.78 is 0. The van der Waals surface area contributed by atoms with E-state index in [9.17, 15) is 0 Å². The summed E-state index contributed by atoms with van der Waals surface area (Å²) in [6.45, 7) is 1.33. The van der Waals surface area contributed by atoms with Crippen molar-refractivity contribution in [1.82, 2.24) is 9.97 Å². The normalized spacial score (nSPS) is 10.1. The zero-order chi connectivity index (χ0) is 10.4. The second kappa shape index (κ2) is 5.88. The van der Waals surface area contributed by atoms with Gasteiger partial charge in [0.2, 0.25) is 5.95 Å². The van der Waals surface area contributed by atoms with Crippen LogP contribution in [-0.4, -0.2) is 34.8 Å². The Labute approximate surface area is 93.0 Å². The molecule has 0 fully saturated rings. The molecule has 0 saturated heterocycles. The fraction of sp³-hybridized carbons (Fsp3) is 0.500. The first-order valence-corrected chi connectivity index (χ1v) is 5.30. The Kier molecular flexibility index (Phi) is 4.76. The third-order valence-corrected chi connectivity index (χ3v) is 1.99. The van der Waals surface area contributed by atoms with Crippen LogP contribution in [-0.2, 0) is 0 Å². The Morgan fingerprint density at radius 1 is 1.29 bits per heavy atom. The van der Waals surface area contributed by atoms with Crippen molar-refractivity contribution in [1.29, 1.82) is 0 Å². The van der Waals surface area contributed by atoms with E-state index in [-0.39, 0.29) is 0 Å². The molecular formula is C8H12Cl2N4. The molecule has 1 rings (SSSR count). The Balaban J connectivity index is 2.75. The molecule has 0 aliphatic carbocycles. The van der Waals surface area contributed by atoms with Crippen LogP contribution in [0.4, 0.5) is 11.8 Å². The lowest BCUT2D eigenvalue weighted by atomic mass is 10.5. The number of anilines is 2. The highest BCUT2D eigenvalue weighted by molar-refractivity contribution is 6.18. The number of nitrogens with zero attached hydrogens (tertiary/aromatic N) is 3. The third kappa shape index (κ3) is 3.20. The van der Waals surface area contributed by atoms with Crippen molar-refractivity contribution in [2.75, 3.05) is 35.5 Å². The molecule has 0 saturated carbocycles. The molecule has 1 heterocycles. The van der Waals surface area contributed by atoms with Crippen LogP contribution in [0.1, 0.15) is 0 Å². The topological polar surface area (TPSA) is 55.0 Å². The molecule has 0 unspecified atom stereocenters. The highest BCUT2D eigenvalue weighted by Gasteiger charge is 2.07. The van der Waals surface area contributed by atoms with Crippen LogP contribution in [0.5, 0.6) is 0 Å². The standard InChI is InChI=1S/C8H12Cl2N4/c9-2-5-14(6-3-10)8-12-4-1-7(11)13-8/h1,4H,2-3,5-6H2,(H2,11,12,13). The van der Waals surface area contributed by atoms with Crippen LogP contribution in [0, 0.1) is 0 Å². The first-order chi connectivity index (χ1) is 6.77. The van der Waals surface area contributed by atoms with E-state index in [1.54, 1.807) is 12.3 Å². The molecule has 0 bridgehead atoms. The summed E-state index contributed by atoms with van der Waals surface area (Å²) in [6, 6.07) is 1.64. The molecule has 0 aliphatic rings. The minimum Gasteiger partial charge on any atom is -0.384 e. The highest BCUT2D eigenvalue weighted by Crippen LogP contribution is 2.08. The van der Waals surface area contributed by atoms with Gasteiger partial charge >= 0.3 is 0 Å². The molecule has 0 spiro atoms. The number of alkyl halides is 2. The van der Waals surface area contributed by atoms with E-state index >= 15 is 0 Å². The maximum Gasteiger partial charge on any atom is 0.227 e. The van der Waals surface area contributed by atoms with Gasteiger partial charge in [-0.25, -0.2) is 4.98 Å². The number of nitrogen functional groups attached to an aromatic ring is 1. The summed E-state index contributed by atoms with van der Waals surface area (Å²) >= 11 is 11.3. The number of hydrogen-bond donors (Lipinski definition) is 1. The van der Waals surface area contributed by atoms with Crippen molar-refractivity contribution in [2.45, 2.75) is 0 Å². The van der Waals surface area contributed by atoms with Gasteiger partial charge in [0.1, 0.15) is 5.82 Å². The van der Waals surface area contributed by atoms with E-state index in [0.717, 1.165) is 0 Å². The van der Waals surface area contributed by atoms with Gasteiger partial charge in [0.15, 0.2) is 0 Å². The van der Waals surface area contributed by atoms with Gasteiger partial charge in [-0.2, -0.15) is 4.98 Å². The number of nitrogens with two attached hydrogens (primary N) is 1. The average Bonchev–Trinajstić information content (AvgIpc) is 2.17. The lowest BCUT2D eigenvalue weighted by Crippen LogP contribution is -2.29. The van der Waals surface area contributed by atoms with Crippen LogP contribution in [0.15, 0.2) is 12.3 Å². The van der Waals surface area contributed by atoms with Gasteiger partial charge < -0.3 is 10.6 Å². The minimum atomic E-state index is 0.448. The molecule has 6 heteroatoms. The van der Waals surface area contributed by atoms with E-state index in [2.05, 4.69) is 9.97 Å². The molecule has 0 radical (unpaired) electrons. The summed E-state index contributed by atoms with van der Waals surface area (Å²) in [4.78, 5) is 10.1. The van der Waals surface area contributed by atoms with Crippen molar-refractivity contribution in [3.8, 4) is 0 Å². The lowest BCUT2D eigenvalue weighted by molar-refractivity contribution is 0.829. The Morgan fingerprint density at radius 3 is 2.43 bits per heavy atom. The summed E-state index contributed by atoms with van der Waals surface area (Å²) in [5.41, 5.74) is 5.54. The lowest BCUT2D eigenvalue weighted by Gasteiger charge is -2.19. The predicted octanol–water partition coefficient (Wildman–Crippen LogP) is 1.34. The van der Waals surface area contributed by atoms with Gasteiger partial charge in [-0.3, -0.25) is 0 Å². The molecule has 14 heavy (non-hydrogen) atoms. The van der Waals surface area contributed by atoms with Gasteiger partial charge in [0.25, 0.3) is 0 Å². The van der Waals surface area contributed by atoms with Crippen LogP contribution in [0.25, 0.3) is 0 Å². The fourth-order valence-electron chi connectivity index (χ4n) is 1.03. The van der Waals surface area contributed by atoms with E-state index in [1.807, 2.05) is 4.90 Å². The van der Waals surface area contributed by atoms with Gasteiger partial charge in [-0.1, -0.05) is 0 Å². The second-order valence-corrected chi connectivity index (χ2v) is 3.40. The molecule has 0 aromatic carbocycles. The minimum absolute atomic E-state index is 0.448. The zero-order valence-corrected chi connectivity index (χ0v) is 9.17. The molecule has 0 aliphatic heterocycles. The van der Waals surface area contributed by atoms with Gasteiger partial charge in [-0.05, 0) is 6.07 Å². The number of hydrogen-bond acceptors (Lipinski definition) is 4. The second-order valence-electron chi connectivity index (χ2n) is 2.65. The largest absolute Gasteiger partial charge is 0.384 e. The maximum absolute atomic E-state index is 5.65. The number of halogens is 2. The third-order valence-electron chi connectivity index (χ3n) is 1.66. The van der Waals surface area contributed by atoms with Crippen LogP contribution in [0.2, 0.25) is 0 Å². The van der Waals surface area contributed by atoms with E-state index in [4.69, 9.17) is 28.9 Å². The fourth-order valence-corrected chi connectivity index (χ4v) is 1.44. The molecule has 1 aromatic rings. The molecule has 2 N–H and O–H groups in total. The predicted molar refractivity (Wildman–Crippen MR) is 60.1 cm³/mol. The van der Waals surface area contributed by atoms with Crippen LogP contribution < -0.4 is 10.6 Å². The van der Waals surface area contributed by atoms with Crippen molar-refractivity contribution in [2.24, 2.45) is 0 Å². The Bertz CT molecular complexity index is 276. The number of aromatic nitrogens is 2. The molecule has 1 aromatic heterocycles.